The second-order valence-corrected chi connectivity index (χ2v) is 5.94. The van der Waals surface area contributed by atoms with Gasteiger partial charge in [0, 0.05) is 11.6 Å². The van der Waals surface area contributed by atoms with Gasteiger partial charge in [0.1, 0.15) is 0 Å². The van der Waals surface area contributed by atoms with Gasteiger partial charge in [-0.1, -0.05) is 6.07 Å². The van der Waals surface area contributed by atoms with Gasteiger partial charge in [-0.2, -0.15) is 13.2 Å². The van der Waals surface area contributed by atoms with Crippen LogP contribution in [0, 0.1) is 5.92 Å². The summed E-state index contributed by atoms with van der Waals surface area (Å²) in [4.78, 5) is 13.3. The molecule has 1 aliphatic carbocycles. The summed E-state index contributed by atoms with van der Waals surface area (Å²) in [6.07, 6.45) is -2.94. The number of phenolic OH excluding ortho intramolecular Hbond substituents is 1. The summed E-state index contributed by atoms with van der Waals surface area (Å²) in [5, 5.41) is 9.82. The minimum Gasteiger partial charge on any atom is -0.504 e. The Hall–Kier alpha value is -1.76. The van der Waals surface area contributed by atoms with E-state index in [9.17, 15) is 23.1 Å². The van der Waals surface area contributed by atoms with Crippen LogP contribution in [0.3, 0.4) is 0 Å². The first kappa shape index (κ1) is 15.1. The lowest BCUT2D eigenvalue weighted by Crippen LogP contribution is -2.36. The van der Waals surface area contributed by atoms with Crippen molar-refractivity contribution in [2.24, 2.45) is 5.92 Å². The van der Waals surface area contributed by atoms with Crippen LogP contribution in [0.1, 0.15) is 17.5 Å². The number of rotatable bonds is 1. The number of nitrogens with zero attached hydrogens (tertiary/aromatic N) is 1. The quantitative estimate of drug-likeness (QED) is 0.638. The summed E-state index contributed by atoms with van der Waals surface area (Å²) >= 11 is 0. The van der Waals surface area contributed by atoms with Crippen molar-refractivity contribution in [1.29, 1.82) is 0 Å². The van der Waals surface area contributed by atoms with E-state index in [0.717, 1.165) is 18.5 Å². The minimum atomic E-state index is -5.08. The SMILES string of the molecule is CN1CC[C@H]2Cc3c(ccc(O)c3OC(=O)C(F)(F)F)C[C@@H]21. The summed E-state index contributed by atoms with van der Waals surface area (Å²) in [5.74, 6) is -2.77. The Bertz CT molecular complexity index is 615. The molecule has 1 heterocycles. The number of carbonyl (C=O) groups excluding carboxylic acids is 1. The first-order valence-electron chi connectivity index (χ1n) is 7.10. The van der Waals surface area contributed by atoms with Crippen LogP contribution in [0.5, 0.6) is 11.5 Å². The average Bonchev–Trinajstić information content (AvgIpc) is 2.80. The molecule has 120 valence electrons. The van der Waals surface area contributed by atoms with Crippen molar-refractivity contribution in [2.75, 3.05) is 13.6 Å². The topological polar surface area (TPSA) is 49.8 Å². The van der Waals surface area contributed by atoms with Crippen LogP contribution in [-0.4, -0.2) is 41.8 Å². The van der Waals surface area contributed by atoms with E-state index in [0.29, 0.717) is 30.4 Å². The van der Waals surface area contributed by atoms with Crippen molar-refractivity contribution in [1.82, 2.24) is 4.90 Å². The molecule has 1 aliphatic heterocycles. The van der Waals surface area contributed by atoms with E-state index >= 15 is 0 Å². The molecule has 0 spiro atoms. The number of hydrogen-bond donors (Lipinski definition) is 1. The first-order valence-corrected chi connectivity index (χ1v) is 7.10. The fraction of sp³-hybridized carbons (Fsp3) is 0.533. The van der Waals surface area contributed by atoms with Gasteiger partial charge in [0.15, 0.2) is 11.5 Å². The Morgan fingerprint density at radius 2 is 2.09 bits per heavy atom. The van der Waals surface area contributed by atoms with Gasteiger partial charge in [-0.3, -0.25) is 0 Å². The molecule has 1 aromatic rings. The van der Waals surface area contributed by atoms with Crippen LogP contribution < -0.4 is 4.74 Å². The summed E-state index contributed by atoms with van der Waals surface area (Å²) in [7, 11) is 2.03. The number of benzene rings is 1. The normalized spacial score (nSPS) is 24.7. The number of aromatic hydroxyl groups is 1. The number of esters is 1. The monoisotopic (exact) mass is 315 g/mol. The largest absolute Gasteiger partial charge is 0.504 e. The molecule has 0 unspecified atom stereocenters. The van der Waals surface area contributed by atoms with Gasteiger partial charge in [0.05, 0.1) is 0 Å². The molecule has 22 heavy (non-hydrogen) atoms. The number of halogens is 3. The second-order valence-electron chi connectivity index (χ2n) is 5.94. The highest BCUT2D eigenvalue weighted by Crippen LogP contribution is 2.42. The van der Waals surface area contributed by atoms with Crippen molar-refractivity contribution in [3.8, 4) is 11.5 Å². The number of alkyl halides is 3. The maximum Gasteiger partial charge on any atom is 0.491 e. The average molecular weight is 315 g/mol. The molecule has 1 saturated heterocycles. The number of fused-ring (bicyclic) bond motifs is 2. The highest BCUT2D eigenvalue weighted by Gasteiger charge is 2.43. The molecule has 1 N–H and O–H groups in total. The maximum atomic E-state index is 12.4. The number of likely N-dealkylation sites (tertiary alicyclic amines) is 1. The fourth-order valence-corrected chi connectivity index (χ4v) is 3.47. The predicted molar refractivity (Wildman–Crippen MR) is 71.7 cm³/mol. The first-order chi connectivity index (χ1) is 10.3. The molecule has 1 fully saturated rings. The van der Waals surface area contributed by atoms with E-state index < -0.39 is 17.9 Å². The van der Waals surface area contributed by atoms with E-state index in [4.69, 9.17) is 0 Å². The summed E-state index contributed by atoms with van der Waals surface area (Å²) in [6, 6.07) is 3.33. The van der Waals surface area contributed by atoms with E-state index in [-0.39, 0.29) is 5.75 Å². The molecule has 0 bridgehead atoms. The summed E-state index contributed by atoms with van der Waals surface area (Å²) in [5.41, 5.74) is 1.35. The third-order valence-electron chi connectivity index (χ3n) is 4.62. The van der Waals surface area contributed by atoms with Gasteiger partial charge >= 0.3 is 12.1 Å². The van der Waals surface area contributed by atoms with Gasteiger partial charge in [0.25, 0.3) is 0 Å². The second kappa shape index (κ2) is 5.15. The zero-order valence-corrected chi connectivity index (χ0v) is 12.0. The highest BCUT2D eigenvalue weighted by molar-refractivity contribution is 5.79. The van der Waals surface area contributed by atoms with Crippen LogP contribution in [0.4, 0.5) is 13.2 Å². The Balaban J connectivity index is 1.94. The van der Waals surface area contributed by atoms with Crippen molar-refractivity contribution in [3.05, 3.63) is 23.3 Å². The minimum absolute atomic E-state index is 0.308. The number of carbonyl (C=O) groups is 1. The molecular weight excluding hydrogens is 299 g/mol. The fourth-order valence-electron chi connectivity index (χ4n) is 3.47. The lowest BCUT2D eigenvalue weighted by Gasteiger charge is -2.32. The smallest absolute Gasteiger partial charge is 0.491 e. The molecule has 4 nitrogen and oxygen atoms in total. The van der Waals surface area contributed by atoms with Gasteiger partial charge in [-0.15, -0.1) is 0 Å². The summed E-state index contributed by atoms with van der Waals surface area (Å²) < 4.78 is 41.7. The standard InChI is InChI=1S/C15H16F3NO3/c1-19-5-4-9-6-10-8(7-11(9)19)2-3-12(20)13(10)22-14(21)15(16,17)18/h2-3,9,11,20H,4-7H2,1H3/t9-,11-/m0/s1. The lowest BCUT2D eigenvalue weighted by molar-refractivity contribution is -0.189. The summed E-state index contributed by atoms with van der Waals surface area (Å²) in [6.45, 7) is 0.937. The molecule has 1 aromatic carbocycles. The zero-order valence-electron chi connectivity index (χ0n) is 12.0. The number of hydrogen-bond acceptors (Lipinski definition) is 4. The van der Waals surface area contributed by atoms with Gasteiger partial charge in [-0.05, 0) is 50.4 Å². The number of likely N-dealkylation sites (N-methyl/N-ethyl adjacent to an activating group) is 1. The molecule has 7 heteroatoms. The van der Waals surface area contributed by atoms with Crippen molar-refractivity contribution in [2.45, 2.75) is 31.5 Å². The molecule has 0 aromatic heterocycles. The van der Waals surface area contributed by atoms with Crippen molar-refractivity contribution < 1.29 is 27.8 Å². The van der Waals surface area contributed by atoms with Gasteiger partial charge in [-0.25, -0.2) is 4.79 Å². The Kier molecular flexibility index (Phi) is 3.55. The Morgan fingerprint density at radius 1 is 1.36 bits per heavy atom. The molecule has 0 radical (unpaired) electrons. The predicted octanol–water partition coefficient (Wildman–Crippen LogP) is 2.28. The van der Waals surface area contributed by atoms with E-state index in [1.165, 1.54) is 6.07 Å². The van der Waals surface area contributed by atoms with Gasteiger partial charge in [0.2, 0.25) is 0 Å². The zero-order chi connectivity index (χ0) is 16.1. The lowest BCUT2D eigenvalue weighted by atomic mass is 9.80. The molecule has 0 saturated carbocycles. The maximum absolute atomic E-state index is 12.4. The van der Waals surface area contributed by atoms with Crippen LogP contribution in [0.25, 0.3) is 0 Å². The van der Waals surface area contributed by atoms with Crippen LogP contribution >= 0.6 is 0 Å². The molecule has 2 aliphatic rings. The van der Waals surface area contributed by atoms with Crippen LogP contribution in [0.2, 0.25) is 0 Å². The third kappa shape index (κ3) is 2.54. The Morgan fingerprint density at radius 3 is 2.77 bits per heavy atom. The number of ether oxygens (including phenoxy) is 1. The Labute approximate surface area is 125 Å². The van der Waals surface area contributed by atoms with E-state index in [1.54, 1.807) is 6.07 Å². The number of phenols is 1. The van der Waals surface area contributed by atoms with Gasteiger partial charge < -0.3 is 14.7 Å². The van der Waals surface area contributed by atoms with Crippen LogP contribution in [0.15, 0.2) is 12.1 Å². The van der Waals surface area contributed by atoms with Crippen molar-refractivity contribution in [3.63, 3.8) is 0 Å². The van der Waals surface area contributed by atoms with Crippen molar-refractivity contribution >= 4 is 5.97 Å². The van der Waals surface area contributed by atoms with E-state index in [1.807, 2.05) is 7.05 Å². The van der Waals surface area contributed by atoms with E-state index in [2.05, 4.69) is 9.64 Å². The molecule has 3 rings (SSSR count). The third-order valence-corrected chi connectivity index (χ3v) is 4.62. The molecule has 0 amide bonds. The highest BCUT2D eigenvalue weighted by atomic mass is 19.4. The van der Waals surface area contributed by atoms with Crippen LogP contribution in [-0.2, 0) is 17.6 Å². The molecular formula is C15H16F3NO3. The molecule has 2 atom stereocenters.